The highest BCUT2D eigenvalue weighted by Gasteiger charge is 2.19. The standard InChI is InChI=1S/C31H34N2O6/c1-37-28-16-22(17-29(38-2)30(28)39-3)21-12-20(8-6-7-11-34)13-23(14-21)31(36)33-25(19-35)15-24-18-32-27-10-5-4-9-26(24)27/h4-6,8-10,12-14,16-18,25,32,34-35H,7,11,15,19H2,1-3H3,(H,33,36)/t25-/m1/s1. The van der Waals surface area contributed by atoms with Crippen LogP contribution in [0.15, 0.2) is 66.9 Å². The van der Waals surface area contributed by atoms with Crippen LogP contribution < -0.4 is 19.5 Å². The van der Waals surface area contributed by atoms with E-state index in [9.17, 15) is 15.0 Å². The van der Waals surface area contributed by atoms with Gasteiger partial charge in [-0.3, -0.25) is 4.79 Å². The molecule has 39 heavy (non-hydrogen) atoms. The van der Waals surface area contributed by atoms with E-state index < -0.39 is 6.04 Å². The van der Waals surface area contributed by atoms with Crippen molar-refractivity contribution in [2.45, 2.75) is 18.9 Å². The maximum Gasteiger partial charge on any atom is 0.251 e. The van der Waals surface area contributed by atoms with Crippen molar-refractivity contribution in [3.8, 4) is 28.4 Å². The number of H-pyrrole nitrogens is 1. The normalized spacial score (nSPS) is 12.0. The second kappa shape index (κ2) is 13.0. The summed E-state index contributed by atoms with van der Waals surface area (Å²) in [6, 6.07) is 16.6. The summed E-state index contributed by atoms with van der Waals surface area (Å²) in [6.45, 7) is -0.177. The number of para-hydroxylation sites is 1. The molecule has 0 unspecified atom stereocenters. The zero-order chi connectivity index (χ0) is 27.8. The number of hydrogen-bond acceptors (Lipinski definition) is 6. The molecule has 3 aromatic carbocycles. The molecule has 4 aromatic rings. The summed E-state index contributed by atoms with van der Waals surface area (Å²) in [4.78, 5) is 16.7. The number of benzene rings is 3. The van der Waals surface area contributed by atoms with Crippen molar-refractivity contribution in [1.82, 2.24) is 10.3 Å². The molecule has 8 nitrogen and oxygen atoms in total. The minimum atomic E-state index is -0.477. The SMILES string of the molecule is COc1cc(-c2cc(C=CCCO)cc(C(=O)N[C@@H](CO)Cc3c[nH]c4ccccc34)c2)cc(OC)c1OC. The Kier molecular flexibility index (Phi) is 9.25. The minimum Gasteiger partial charge on any atom is -0.493 e. The van der Waals surface area contributed by atoms with Crippen molar-refractivity contribution in [2.24, 2.45) is 0 Å². The third-order valence-electron chi connectivity index (χ3n) is 6.52. The molecule has 4 N–H and O–H groups in total. The van der Waals surface area contributed by atoms with E-state index >= 15 is 0 Å². The Morgan fingerprint density at radius 2 is 1.69 bits per heavy atom. The zero-order valence-corrected chi connectivity index (χ0v) is 22.4. The molecule has 0 aliphatic heterocycles. The monoisotopic (exact) mass is 530 g/mol. The van der Waals surface area contributed by atoms with Crippen LogP contribution in [-0.4, -0.2) is 61.7 Å². The van der Waals surface area contributed by atoms with Crippen molar-refractivity contribution in [1.29, 1.82) is 0 Å². The molecular formula is C31H34N2O6. The number of aliphatic hydroxyl groups is 2. The fourth-order valence-corrected chi connectivity index (χ4v) is 4.58. The molecule has 0 bridgehead atoms. The predicted molar refractivity (Wildman–Crippen MR) is 153 cm³/mol. The number of hydrogen-bond donors (Lipinski definition) is 4. The molecule has 204 valence electrons. The summed E-state index contributed by atoms with van der Waals surface area (Å²) in [5, 5.41) is 23.3. The number of methoxy groups -OCH3 is 3. The molecule has 0 aliphatic carbocycles. The van der Waals surface area contributed by atoms with E-state index in [1.807, 2.05) is 60.8 Å². The van der Waals surface area contributed by atoms with Gasteiger partial charge < -0.3 is 34.7 Å². The lowest BCUT2D eigenvalue weighted by Gasteiger charge is -2.18. The van der Waals surface area contributed by atoms with E-state index in [2.05, 4.69) is 10.3 Å². The molecule has 0 aliphatic rings. The summed E-state index contributed by atoms with van der Waals surface area (Å²) in [5.41, 5.74) is 4.78. The lowest BCUT2D eigenvalue weighted by Crippen LogP contribution is -2.39. The van der Waals surface area contributed by atoms with Crippen LogP contribution in [0.4, 0.5) is 0 Å². The van der Waals surface area contributed by atoms with Gasteiger partial charge in [0.1, 0.15) is 0 Å². The van der Waals surface area contributed by atoms with Crippen LogP contribution in [0.5, 0.6) is 17.2 Å². The molecule has 1 atom stereocenters. The Morgan fingerprint density at radius 1 is 0.974 bits per heavy atom. The van der Waals surface area contributed by atoms with Crippen molar-refractivity contribution < 1.29 is 29.2 Å². The molecule has 0 radical (unpaired) electrons. The third kappa shape index (κ3) is 6.42. The lowest BCUT2D eigenvalue weighted by molar-refractivity contribution is 0.0916. The molecule has 8 heteroatoms. The van der Waals surface area contributed by atoms with E-state index in [1.54, 1.807) is 33.5 Å². The van der Waals surface area contributed by atoms with E-state index in [-0.39, 0.29) is 19.1 Å². The van der Waals surface area contributed by atoms with Gasteiger partial charge in [0.2, 0.25) is 5.75 Å². The topological polar surface area (TPSA) is 113 Å². The quantitative estimate of drug-likeness (QED) is 0.213. The van der Waals surface area contributed by atoms with Crippen molar-refractivity contribution in [2.75, 3.05) is 34.5 Å². The van der Waals surface area contributed by atoms with Crippen LogP contribution >= 0.6 is 0 Å². The number of carbonyl (C=O) groups excluding carboxylic acids is 1. The maximum atomic E-state index is 13.5. The Labute approximate surface area is 227 Å². The lowest BCUT2D eigenvalue weighted by atomic mass is 9.97. The molecule has 0 fully saturated rings. The number of ether oxygens (including phenoxy) is 3. The van der Waals surface area contributed by atoms with Crippen molar-refractivity contribution >= 4 is 22.9 Å². The summed E-state index contributed by atoms with van der Waals surface area (Å²) in [6.07, 6.45) is 6.59. The highest BCUT2D eigenvalue weighted by molar-refractivity contribution is 5.96. The molecule has 0 spiro atoms. The highest BCUT2D eigenvalue weighted by atomic mass is 16.5. The maximum absolute atomic E-state index is 13.5. The van der Waals surface area contributed by atoms with Gasteiger partial charge in [-0.1, -0.05) is 30.4 Å². The number of carbonyl (C=O) groups is 1. The number of aromatic nitrogens is 1. The van der Waals surface area contributed by atoms with Gasteiger partial charge in [0, 0.05) is 29.3 Å². The third-order valence-corrected chi connectivity index (χ3v) is 6.52. The number of amides is 1. The minimum absolute atomic E-state index is 0.0302. The van der Waals surface area contributed by atoms with Crippen LogP contribution in [0.3, 0.4) is 0 Å². The number of rotatable bonds is 12. The highest BCUT2D eigenvalue weighted by Crippen LogP contribution is 2.41. The second-order valence-corrected chi connectivity index (χ2v) is 9.09. The summed E-state index contributed by atoms with van der Waals surface area (Å²) in [7, 11) is 4.65. The average molecular weight is 531 g/mol. The first-order chi connectivity index (χ1) is 19.0. The van der Waals surface area contributed by atoms with Crippen LogP contribution in [-0.2, 0) is 6.42 Å². The number of aliphatic hydroxyl groups excluding tert-OH is 2. The zero-order valence-electron chi connectivity index (χ0n) is 22.4. The number of aromatic amines is 1. The van der Waals surface area contributed by atoms with Gasteiger partial charge >= 0.3 is 0 Å². The van der Waals surface area contributed by atoms with E-state index in [4.69, 9.17) is 14.2 Å². The summed E-state index contributed by atoms with van der Waals surface area (Å²) < 4.78 is 16.5. The largest absolute Gasteiger partial charge is 0.493 e. The van der Waals surface area contributed by atoms with Gasteiger partial charge in [0.05, 0.1) is 34.0 Å². The van der Waals surface area contributed by atoms with Crippen molar-refractivity contribution in [3.05, 3.63) is 83.6 Å². The molecule has 4 rings (SSSR count). The first-order valence-electron chi connectivity index (χ1n) is 12.7. The van der Waals surface area contributed by atoms with Crippen LogP contribution in [0, 0.1) is 0 Å². The summed E-state index contributed by atoms with van der Waals surface area (Å²) in [5.74, 6) is 1.17. The Morgan fingerprint density at radius 3 is 2.36 bits per heavy atom. The predicted octanol–water partition coefficient (Wildman–Crippen LogP) is 4.59. The van der Waals surface area contributed by atoms with Crippen molar-refractivity contribution in [3.63, 3.8) is 0 Å². The van der Waals surface area contributed by atoms with E-state index in [1.165, 1.54) is 0 Å². The number of nitrogens with one attached hydrogen (secondary N) is 2. The van der Waals surface area contributed by atoms with Gasteiger partial charge in [-0.2, -0.15) is 0 Å². The molecule has 0 saturated heterocycles. The van der Waals surface area contributed by atoms with Gasteiger partial charge in [-0.05, 0) is 71.5 Å². The average Bonchev–Trinajstić information content (AvgIpc) is 3.38. The molecule has 0 saturated carbocycles. The Hall–Kier alpha value is -4.27. The van der Waals surface area contributed by atoms with Crippen LogP contribution in [0.2, 0.25) is 0 Å². The first kappa shape index (κ1) is 27.8. The molecule has 1 amide bonds. The van der Waals surface area contributed by atoms with E-state index in [0.29, 0.717) is 35.7 Å². The van der Waals surface area contributed by atoms with E-state index in [0.717, 1.165) is 33.2 Å². The summed E-state index contributed by atoms with van der Waals surface area (Å²) >= 11 is 0. The molecule has 1 aromatic heterocycles. The Bertz CT molecular complexity index is 1430. The molecule has 1 heterocycles. The van der Waals surface area contributed by atoms with Gasteiger partial charge in [0.25, 0.3) is 5.91 Å². The van der Waals surface area contributed by atoms with Crippen LogP contribution in [0.25, 0.3) is 28.1 Å². The van der Waals surface area contributed by atoms with Crippen LogP contribution in [0.1, 0.15) is 27.9 Å². The first-order valence-corrected chi connectivity index (χ1v) is 12.7. The second-order valence-electron chi connectivity index (χ2n) is 9.09. The Balaban J connectivity index is 1.67. The fourth-order valence-electron chi connectivity index (χ4n) is 4.58. The van der Waals surface area contributed by atoms with Gasteiger partial charge in [0.15, 0.2) is 11.5 Å². The fraction of sp³-hybridized carbons (Fsp3) is 0.258. The van der Waals surface area contributed by atoms with Gasteiger partial charge in [-0.25, -0.2) is 0 Å². The smallest absolute Gasteiger partial charge is 0.251 e. The number of fused-ring (bicyclic) bond motifs is 1. The molecular weight excluding hydrogens is 496 g/mol. The van der Waals surface area contributed by atoms with Gasteiger partial charge in [-0.15, -0.1) is 0 Å².